The quantitative estimate of drug-likeness (QED) is 0.339. The second-order valence-electron chi connectivity index (χ2n) is 6.48. The van der Waals surface area contributed by atoms with E-state index in [1.165, 1.54) is 46.6 Å². The largest absolute Gasteiger partial charge is 0.335 e. The molecular weight excluding hydrogens is 487 g/mol. The maximum absolute atomic E-state index is 13.0. The van der Waals surface area contributed by atoms with Crippen LogP contribution in [-0.2, 0) is 19.6 Å². The molecule has 2 amide bonds. The van der Waals surface area contributed by atoms with Crippen molar-refractivity contribution in [3.05, 3.63) is 85.6 Å². The number of carbonyl (C=O) groups excluding carboxylic acids is 2. The lowest BCUT2D eigenvalue weighted by atomic mass is 10.2. The highest BCUT2D eigenvalue weighted by atomic mass is 32.2. The number of thiophene rings is 2. The molecule has 0 aliphatic carbocycles. The monoisotopic (exact) mass is 503 g/mol. The molecule has 0 radical (unpaired) electrons. The van der Waals surface area contributed by atoms with E-state index in [4.69, 9.17) is 0 Å². The van der Waals surface area contributed by atoms with E-state index in [0.29, 0.717) is 4.91 Å². The van der Waals surface area contributed by atoms with Crippen molar-refractivity contribution in [2.24, 2.45) is 0 Å². The van der Waals surface area contributed by atoms with E-state index < -0.39 is 21.3 Å². The van der Waals surface area contributed by atoms with Crippen LogP contribution in [0.3, 0.4) is 0 Å². The van der Waals surface area contributed by atoms with E-state index in [0.717, 1.165) is 9.75 Å². The van der Waals surface area contributed by atoms with E-state index in [2.05, 4.69) is 15.6 Å². The number of sulfonamides is 1. The number of benzene rings is 1. The summed E-state index contributed by atoms with van der Waals surface area (Å²) >= 11 is 4.14. The average molecular weight is 504 g/mol. The summed E-state index contributed by atoms with van der Waals surface area (Å²) in [6.07, 6.45) is 3.41. The second kappa shape index (κ2) is 9.84. The molecular formula is C21H17N3O4S4. The first kappa shape index (κ1) is 22.5. The van der Waals surface area contributed by atoms with Gasteiger partial charge in [0.15, 0.2) is 0 Å². The first-order chi connectivity index (χ1) is 15.4. The van der Waals surface area contributed by atoms with Gasteiger partial charge >= 0.3 is 0 Å². The second-order valence-corrected chi connectivity index (χ2v) is 11.3. The molecule has 1 saturated heterocycles. The number of rotatable bonds is 7. The minimum absolute atomic E-state index is 0.0220. The molecule has 164 valence electrons. The van der Waals surface area contributed by atoms with E-state index in [-0.39, 0.29) is 16.4 Å². The number of carbonyl (C=O) groups is 2. The number of nitrogens with one attached hydrogen (secondary N) is 3. The van der Waals surface area contributed by atoms with Crippen molar-refractivity contribution in [3.63, 3.8) is 0 Å². The first-order valence-electron chi connectivity index (χ1n) is 9.27. The van der Waals surface area contributed by atoms with Crippen LogP contribution in [0.25, 0.3) is 12.2 Å². The smallest absolute Gasteiger partial charge is 0.265 e. The lowest BCUT2D eigenvalue weighted by Gasteiger charge is -2.15. The maximum Gasteiger partial charge on any atom is 0.265 e. The fourth-order valence-corrected chi connectivity index (χ4v) is 6.12. The van der Waals surface area contributed by atoms with Gasteiger partial charge in [-0.1, -0.05) is 42.1 Å². The minimum Gasteiger partial charge on any atom is -0.335 e. The number of amides is 2. The van der Waals surface area contributed by atoms with Crippen LogP contribution in [0.4, 0.5) is 0 Å². The Morgan fingerprint density at radius 1 is 0.969 bits per heavy atom. The molecule has 32 heavy (non-hydrogen) atoms. The molecule has 0 saturated carbocycles. The molecule has 1 aliphatic heterocycles. The standard InChI is InChI=1S/C21H17N3O4S4/c25-19(23-24-32(27,28)16-8-2-1-3-9-16)17(12-14-6-4-10-29-14)21-22-20(26)18(31-21)13-15-7-5-11-30-15/h1-13,21,24H,(H,22,26)(H,23,25)/b17-12-,18-13-. The van der Waals surface area contributed by atoms with Gasteiger partial charge in [0.25, 0.3) is 21.8 Å². The Balaban J connectivity index is 1.55. The van der Waals surface area contributed by atoms with Gasteiger partial charge in [-0.25, -0.2) is 8.42 Å². The summed E-state index contributed by atoms with van der Waals surface area (Å²) in [6, 6.07) is 15.2. The fourth-order valence-electron chi connectivity index (χ4n) is 2.77. The van der Waals surface area contributed by atoms with Crippen molar-refractivity contribution < 1.29 is 18.0 Å². The van der Waals surface area contributed by atoms with Gasteiger partial charge in [0.1, 0.15) is 5.37 Å². The maximum atomic E-state index is 13.0. The van der Waals surface area contributed by atoms with Crippen LogP contribution in [0, 0.1) is 0 Å². The molecule has 1 aliphatic rings. The third-order valence-electron chi connectivity index (χ3n) is 4.29. The zero-order valence-corrected chi connectivity index (χ0v) is 19.6. The Morgan fingerprint density at radius 2 is 1.66 bits per heavy atom. The van der Waals surface area contributed by atoms with E-state index in [1.54, 1.807) is 30.4 Å². The normalized spacial score (nSPS) is 18.0. The van der Waals surface area contributed by atoms with Gasteiger partial charge in [0, 0.05) is 9.75 Å². The summed E-state index contributed by atoms with van der Waals surface area (Å²) in [5.41, 5.74) is 2.48. The zero-order chi connectivity index (χ0) is 22.6. The average Bonchev–Trinajstić information content (AvgIpc) is 3.55. The molecule has 11 heteroatoms. The summed E-state index contributed by atoms with van der Waals surface area (Å²) in [4.78, 5) is 29.8. The number of hydrogen-bond acceptors (Lipinski definition) is 7. The minimum atomic E-state index is -3.94. The van der Waals surface area contributed by atoms with Crippen LogP contribution in [0.2, 0.25) is 0 Å². The Bertz CT molecular complexity index is 1270. The first-order valence-corrected chi connectivity index (χ1v) is 13.4. The predicted octanol–water partition coefficient (Wildman–Crippen LogP) is 3.43. The number of hydrogen-bond donors (Lipinski definition) is 3. The Labute approximate surface area is 197 Å². The van der Waals surface area contributed by atoms with Gasteiger partial charge in [-0.3, -0.25) is 15.0 Å². The molecule has 1 fully saturated rings. The summed E-state index contributed by atoms with van der Waals surface area (Å²) < 4.78 is 24.9. The topological polar surface area (TPSA) is 104 Å². The van der Waals surface area contributed by atoms with Crippen LogP contribution in [0.5, 0.6) is 0 Å². The van der Waals surface area contributed by atoms with Gasteiger partial charge in [0.05, 0.1) is 15.4 Å². The van der Waals surface area contributed by atoms with Gasteiger partial charge < -0.3 is 5.32 Å². The van der Waals surface area contributed by atoms with E-state index >= 15 is 0 Å². The third kappa shape index (κ3) is 5.37. The molecule has 1 unspecified atom stereocenters. The highest BCUT2D eigenvalue weighted by Crippen LogP contribution is 2.35. The highest BCUT2D eigenvalue weighted by molar-refractivity contribution is 8.05. The molecule has 0 spiro atoms. The van der Waals surface area contributed by atoms with Crippen molar-refractivity contribution in [2.45, 2.75) is 10.3 Å². The molecule has 3 N–H and O–H groups in total. The SMILES string of the molecule is O=C1NC(/C(=C\c2cccs2)C(=O)NNS(=O)(=O)c2ccccc2)S/C1=C\c1cccs1. The van der Waals surface area contributed by atoms with Crippen LogP contribution in [-0.4, -0.2) is 25.6 Å². The fraction of sp³-hybridized carbons (Fsp3) is 0.0476. The molecule has 4 rings (SSSR count). The summed E-state index contributed by atoms with van der Waals surface area (Å²) in [5, 5.41) is 5.90. The van der Waals surface area contributed by atoms with Crippen LogP contribution in [0.15, 0.2) is 80.7 Å². The third-order valence-corrected chi connectivity index (χ3v) is 8.35. The Kier molecular flexibility index (Phi) is 6.92. The Morgan fingerprint density at radius 3 is 2.31 bits per heavy atom. The Hall–Kier alpha value is -2.70. The van der Waals surface area contributed by atoms with Gasteiger partial charge in [-0.15, -0.1) is 27.5 Å². The van der Waals surface area contributed by atoms with Crippen molar-refractivity contribution >= 4 is 68.4 Å². The van der Waals surface area contributed by atoms with Crippen LogP contribution >= 0.6 is 34.4 Å². The molecule has 1 atom stereocenters. The van der Waals surface area contributed by atoms with Crippen LogP contribution in [0.1, 0.15) is 9.75 Å². The van der Waals surface area contributed by atoms with Gasteiger partial charge in [-0.05, 0) is 47.2 Å². The molecule has 3 aromatic rings. The lowest BCUT2D eigenvalue weighted by Crippen LogP contribution is -2.44. The van der Waals surface area contributed by atoms with Crippen molar-refractivity contribution in [3.8, 4) is 0 Å². The predicted molar refractivity (Wildman–Crippen MR) is 129 cm³/mol. The summed E-state index contributed by atoms with van der Waals surface area (Å²) in [5.74, 6) is -0.948. The number of hydrazine groups is 1. The van der Waals surface area contributed by atoms with Crippen molar-refractivity contribution in [1.82, 2.24) is 15.6 Å². The van der Waals surface area contributed by atoms with Crippen molar-refractivity contribution in [2.75, 3.05) is 0 Å². The van der Waals surface area contributed by atoms with E-state index in [1.807, 2.05) is 35.0 Å². The summed E-state index contributed by atoms with van der Waals surface area (Å²) in [6.45, 7) is 0. The summed E-state index contributed by atoms with van der Waals surface area (Å²) in [7, 11) is -3.94. The van der Waals surface area contributed by atoms with Crippen LogP contribution < -0.4 is 15.6 Å². The molecule has 0 bridgehead atoms. The van der Waals surface area contributed by atoms with Gasteiger partial charge in [0.2, 0.25) is 0 Å². The van der Waals surface area contributed by atoms with Crippen molar-refractivity contribution in [1.29, 1.82) is 0 Å². The molecule has 3 heterocycles. The van der Waals surface area contributed by atoms with Gasteiger partial charge in [-0.2, -0.15) is 0 Å². The van der Waals surface area contributed by atoms with E-state index in [9.17, 15) is 18.0 Å². The molecule has 7 nitrogen and oxygen atoms in total. The molecule has 1 aromatic carbocycles. The number of thioether (sulfide) groups is 1. The highest BCUT2D eigenvalue weighted by Gasteiger charge is 2.33. The zero-order valence-electron chi connectivity index (χ0n) is 16.3. The molecule has 2 aromatic heterocycles. The lowest BCUT2D eigenvalue weighted by molar-refractivity contribution is -0.118.